The van der Waals surface area contributed by atoms with Crippen LogP contribution in [0.5, 0.6) is 5.75 Å². The molecule has 2 unspecified atom stereocenters. The summed E-state index contributed by atoms with van der Waals surface area (Å²) in [5, 5.41) is 23.0. The van der Waals surface area contributed by atoms with Crippen molar-refractivity contribution in [3.05, 3.63) is 33.9 Å². The van der Waals surface area contributed by atoms with Crippen LogP contribution in [0, 0.1) is 16.0 Å². The smallest absolute Gasteiger partial charge is 0.326 e. The first-order valence-corrected chi connectivity index (χ1v) is 7.96. The minimum Gasteiger partial charge on any atom is -0.487 e. The van der Waals surface area contributed by atoms with Crippen molar-refractivity contribution in [3.63, 3.8) is 0 Å². The van der Waals surface area contributed by atoms with Gasteiger partial charge in [-0.1, -0.05) is 0 Å². The van der Waals surface area contributed by atoms with Crippen LogP contribution in [0.3, 0.4) is 0 Å². The zero-order chi connectivity index (χ0) is 18.4. The molecular formula is C16H20N2O7. The second-order valence-corrected chi connectivity index (χ2v) is 5.64. The van der Waals surface area contributed by atoms with Crippen LogP contribution < -0.4 is 10.1 Å². The average molecular weight is 352 g/mol. The lowest BCUT2D eigenvalue weighted by atomic mass is 9.93. The first kappa shape index (κ1) is 18.7. The molecule has 0 aliphatic carbocycles. The highest BCUT2D eigenvalue weighted by Gasteiger charge is 2.32. The molecule has 136 valence electrons. The van der Waals surface area contributed by atoms with Crippen molar-refractivity contribution in [2.24, 2.45) is 5.92 Å². The molecule has 1 aromatic carbocycles. The molecule has 2 N–H and O–H groups in total. The Hall–Kier alpha value is -2.68. The second kappa shape index (κ2) is 8.43. The Morgan fingerprint density at radius 1 is 1.52 bits per heavy atom. The topological polar surface area (TPSA) is 128 Å². The van der Waals surface area contributed by atoms with Crippen LogP contribution in [0.15, 0.2) is 18.2 Å². The van der Waals surface area contributed by atoms with Crippen LogP contribution in [-0.2, 0) is 9.53 Å². The summed E-state index contributed by atoms with van der Waals surface area (Å²) >= 11 is 0. The number of ether oxygens (including phenoxy) is 2. The van der Waals surface area contributed by atoms with Gasteiger partial charge in [0.1, 0.15) is 6.04 Å². The summed E-state index contributed by atoms with van der Waals surface area (Å²) in [6.07, 6.45) is 1.35. The molecule has 1 aliphatic rings. The molecular weight excluding hydrogens is 332 g/mol. The molecule has 0 spiro atoms. The highest BCUT2D eigenvalue weighted by molar-refractivity contribution is 5.97. The van der Waals surface area contributed by atoms with E-state index in [-0.39, 0.29) is 36.1 Å². The standard InChI is InChI=1S/C16H20N2O7/c1-2-25-13-6-5-10(8-12(13)18(22)23)15(19)17-14(16(20)21)11-4-3-7-24-9-11/h5-6,8,11,14H,2-4,7,9H2,1H3,(H,17,19)(H,20,21). The predicted octanol–water partition coefficient (Wildman–Crippen LogP) is 1.60. The molecule has 0 saturated carbocycles. The number of hydrogen-bond acceptors (Lipinski definition) is 6. The fraction of sp³-hybridized carbons (Fsp3) is 0.500. The molecule has 25 heavy (non-hydrogen) atoms. The summed E-state index contributed by atoms with van der Waals surface area (Å²) < 4.78 is 10.4. The Labute approximate surface area is 144 Å². The number of amides is 1. The summed E-state index contributed by atoms with van der Waals surface area (Å²) in [5.41, 5.74) is -0.347. The first-order valence-electron chi connectivity index (χ1n) is 7.96. The van der Waals surface area contributed by atoms with Crippen molar-refractivity contribution in [1.82, 2.24) is 5.32 Å². The number of nitro benzene ring substituents is 1. The Kier molecular flexibility index (Phi) is 6.29. The first-order chi connectivity index (χ1) is 11.9. The fourth-order valence-electron chi connectivity index (χ4n) is 2.71. The van der Waals surface area contributed by atoms with Crippen LogP contribution in [0.2, 0.25) is 0 Å². The highest BCUT2D eigenvalue weighted by atomic mass is 16.6. The number of carbonyl (C=O) groups excluding carboxylic acids is 1. The van der Waals surface area contributed by atoms with Crippen molar-refractivity contribution in [2.75, 3.05) is 19.8 Å². The number of carbonyl (C=O) groups is 2. The quantitative estimate of drug-likeness (QED) is 0.563. The average Bonchev–Trinajstić information content (AvgIpc) is 2.60. The van der Waals surface area contributed by atoms with Gasteiger partial charge in [0.05, 0.1) is 18.1 Å². The molecule has 1 heterocycles. The third kappa shape index (κ3) is 4.66. The van der Waals surface area contributed by atoms with Gasteiger partial charge in [0.2, 0.25) is 0 Å². The molecule has 0 radical (unpaired) electrons. The minimum atomic E-state index is -1.16. The molecule has 9 heteroatoms. The molecule has 2 atom stereocenters. The zero-order valence-electron chi connectivity index (χ0n) is 13.8. The van der Waals surface area contributed by atoms with E-state index in [2.05, 4.69) is 5.32 Å². The Morgan fingerprint density at radius 2 is 2.28 bits per heavy atom. The van der Waals surface area contributed by atoms with Gasteiger partial charge < -0.3 is 19.9 Å². The van der Waals surface area contributed by atoms with Crippen LogP contribution in [0.1, 0.15) is 30.1 Å². The maximum atomic E-state index is 12.4. The lowest BCUT2D eigenvalue weighted by Gasteiger charge is -2.28. The van der Waals surface area contributed by atoms with Crippen molar-refractivity contribution in [1.29, 1.82) is 0 Å². The predicted molar refractivity (Wildman–Crippen MR) is 86.7 cm³/mol. The number of nitro groups is 1. The van der Waals surface area contributed by atoms with Crippen molar-refractivity contribution in [3.8, 4) is 5.75 Å². The molecule has 2 rings (SSSR count). The number of hydrogen-bond donors (Lipinski definition) is 2. The van der Waals surface area contributed by atoms with Crippen LogP contribution in [-0.4, -0.2) is 47.8 Å². The van der Waals surface area contributed by atoms with E-state index >= 15 is 0 Å². The molecule has 1 aromatic rings. The van der Waals surface area contributed by atoms with Gasteiger partial charge in [-0.15, -0.1) is 0 Å². The third-order valence-corrected chi connectivity index (χ3v) is 3.94. The molecule has 1 amide bonds. The van der Waals surface area contributed by atoms with Crippen molar-refractivity contribution >= 4 is 17.6 Å². The van der Waals surface area contributed by atoms with Gasteiger partial charge in [-0.3, -0.25) is 14.9 Å². The van der Waals surface area contributed by atoms with E-state index in [4.69, 9.17) is 9.47 Å². The lowest BCUT2D eigenvalue weighted by Crippen LogP contribution is -2.48. The number of carboxylic acid groups (broad SMARTS) is 1. The molecule has 1 aliphatic heterocycles. The van der Waals surface area contributed by atoms with Gasteiger partial charge in [-0.2, -0.15) is 0 Å². The molecule has 0 aromatic heterocycles. The minimum absolute atomic E-state index is 0.00173. The second-order valence-electron chi connectivity index (χ2n) is 5.64. The van der Waals surface area contributed by atoms with Crippen molar-refractivity contribution < 1.29 is 29.1 Å². The Bertz CT molecular complexity index is 656. The molecule has 1 saturated heterocycles. The third-order valence-electron chi connectivity index (χ3n) is 3.94. The number of carboxylic acids is 1. The van der Waals surface area contributed by atoms with Crippen molar-refractivity contribution in [2.45, 2.75) is 25.8 Å². The van der Waals surface area contributed by atoms with E-state index < -0.39 is 22.8 Å². The summed E-state index contributed by atoms with van der Waals surface area (Å²) in [6, 6.07) is 2.66. The molecule has 0 bridgehead atoms. The SMILES string of the molecule is CCOc1ccc(C(=O)NC(C(=O)O)C2CCCOC2)cc1[N+](=O)[O-]. The number of benzene rings is 1. The molecule has 9 nitrogen and oxygen atoms in total. The number of rotatable bonds is 7. The maximum absolute atomic E-state index is 12.4. The van der Waals surface area contributed by atoms with E-state index in [1.165, 1.54) is 12.1 Å². The lowest BCUT2D eigenvalue weighted by molar-refractivity contribution is -0.385. The van der Waals surface area contributed by atoms with E-state index in [0.717, 1.165) is 12.5 Å². The van der Waals surface area contributed by atoms with Crippen LogP contribution >= 0.6 is 0 Å². The van der Waals surface area contributed by atoms with Gasteiger partial charge in [-0.05, 0) is 31.9 Å². The van der Waals surface area contributed by atoms with Crippen LogP contribution in [0.4, 0.5) is 5.69 Å². The van der Waals surface area contributed by atoms with E-state index in [0.29, 0.717) is 13.0 Å². The highest BCUT2D eigenvalue weighted by Crippen LogP contribution is 2.28. The number of nitrogens with one attached hydrogen (secondary N) is 1. The zero-order valence-corrected chi connectivity index (χ0v) is 13.8. The normalized spacial score (nSPS) is 18.2. The van der Waals surface area contributed by atoms with Gasteiger partial charge in [0, 0.05) is 24.2 Å². The number of nitrogens with zero attached hydrogens (tertiary/aromatic N) is 1. The largest absolute Gasteiger partial charge is 0.487 e. The van der Waals surface area contributed by atoms with E-state index in [1.54, 1.807) is 6.92 Å². The molecule has 1 fully saturated rings. The summed E-state index contributed by atoms with van der Waals surface area (Å²) in [4.78, 5) is 34.3. The van der Waals surface area contributed by atoms with E-state index in [1.807, 2.05) is 0 Å². The van der Waals surface area contributed by atoms with E-state index in [9.17, 15) is 24.8 Å². The van der Waals surface area contributed by atoms with Gasteiger partial charge in [0.25, 0.3) is 5.91 Å². The Morgan fingerprint density at radius 3 is 2.84 bits per heavy atom. The summed E-state index contributed by atoms with van der Waals surface area (Å²) in [7, 11) is 0. The van der Waals surface area contributed by atoms with Gasteiger partial charge >= 0.3 is 11.7 Å². The van der Waals surface area contributed by atoms with Gasteiger partial charge in [-0.25, -0.2) is 4.79 Å². The maximum Gasteiger partial charge on any atom is 0.326 e. The number of aliphatic carboxylic acids is 1. The van der Waals surface area contributed by atoms with Gasteiger partial charge in [0.15, 0.2) is 5.75 Å². The van der Waals surface area contributed by atoms with Crippen LogP contribution in [0.25, 0.3) is 0 Å². The Balaban J connectivity index is 2.19. The fourth-order valence-corrected chi connectivity index (χ4v) is 2.71. The monoisotopic (exact) mass is 352 g/mol. The summed E-state index contributed by atoms with van der Waals surface area (Å²) in [6.45, 7) is 2.76. The summed E-state index contributed by atoms with van der Waals surface area (Å²) in [5.74, 6) is -2.14.